The highest BCUT2D eigenvalue weighted by Crippen LogP contribution is 2.38. The molecule has 1 heterocycles. The molecule has 1 aromatic heterocycles. The summed E-state index contributed by atoms with van der Waals surface area (Å²) >= 11 is 1.31. The Kier molecular flexibility index (Phi) is 6.61. The van der Waals surface area contributed by atoms with E-state index in [1.807, 2.05) is 0 Å². The summed E-state index contributed by atoms with van der Waals surface area (Å²) in [6.45, 7) is 1.94. The van der Waals surface area contributed by atoms with E-state index < -0.39 is 17.8 Å². The van der Waals surface area contributed by atoms with Gasteiger partial charge in [-0.05, 0) is 68.0 Å². The van der Waals surface area contributed by atoms with Crippen molar-refractivity contribution in [2.45, 2.75) is 32.6 Å². The molecule has 2 amide bonds. The SMILES string of the molecule is CCOC(=O)c1c(NC(=O)C(=O)N/N=C\c2ccc(O)cc2)sc2c1CCCC2. The van der Waals surface area contributed by atoms with Crippen LogP contribution >= 0.6 is 11.3 Å². The summed E-state index contributed by atoms with van der Waals surface area (Å²) in [6.07, 6.45) is 4.93. The normalized spacial score (nSPS) is 13.0. The van der Waals surface area contributed by atoms with Crippen molar-refractivity contribution in [2.24, 2.45) is 5.10 Å². The quantitative estimate of drug-likeness (QED) is 0.300. The monoisotopic (exact) mass is 415 g/mol. The van der Waals surface area contributed by atoms with Crippen LogP contribution in [0.2, 0.25) is 0 Å². The molecule has 0 radical (unpaired) electrons. The van der Waals surface area contributed by atoms with Gasteiger partial charge in [-0.25, -0.2) is 10.2 Å². The largest absolute Gasteiger partial charge is 0.508 e. The molecule has 0 aliphatic heterocycles. The first-order valence-electron chi connectivity index (χ1n) is 9.24. The lowest BCUT2D eigenvalue weighted by molar-refractivity contribution is -0.136. The van der Waals surface area contributed by atoms with E-state index >= 15 is 0 Å². The number of rotatable bonds is 5. The second kappa shape index (κ2) is 9.33. The molecular formula is C20H21N3O5S. The first-order chi connectivity index (χ1) is 14.0. The van der Waals surface area contributed by atoms with Crippen LogP contribution in [-0.2, 0) is 27.2 Å². The number of phenolic OH excluding ortho intramolecular Hbond substituents is 1. The Morgan fingerprint density at radius 1 is 1.17 bits per heavy atom. The molecule has 0 saturated heterocycles. The van der Waals surface area contributed by atoms with Gasteiger partial charge in [0.2, 0.25) is 0 Å². The Hall–Kier alpha value is -3.20. The van der Waals surface area contributed by atoms with Gasteiger partial charge in [0.15, 0.2) is 0 Å². The van der Waals surface area contributed by atoms with Gasteiger partial charge < -0.3 is 15.2 Å². The minimum absolute atomic E-state index is 0.113. The maximum absolute atomic E-state index is 12.4. The average molecular weight is 415 g/mol. The first kappa shape index (κ1) is 20.5. The Bertz CT molecular complexity index is 950. The number of hydrazone groups is 1. The van der Waals surface area contributed by atoms with Crippen molar-refractivity contribution in [3.63, 3.8) is 0 Å². The molecule has 152 valence electrons. The smallest absolute Gasteiger partial charge is 0.341 e. The number of benzene rings is 1. The number of carbonyl (C=O) groups is 3. The minimum atomic E-state index is -0.957. The van der Waals surface area contributed by atoms with Gasteiger partial charge in [0.25, 0.3) is 0 Å². The average Bonchev–Trinajstić information content (AvgIpc) is 3.07. The molecular weight excluding hydrogens is 394 g/mol. The lowest BCUT2D eigenvalue weighted by atomic mass is 9.95. The molecule has 9 heteroatoms. The fourth-order valence-corrected chi connectivity index (χ4v) is 4.28. The number of fused-ring (bicyclic) bond motifs is 1. The van der Waals surface area contributed by atoms with E-state index in [1.165, 1.54) is 29.7 Å². The van der Waals surface area contributed by atoms with E-state index in [0.29, 0.717) is 16.1 Å². The van der Waals surface area contributed by atoms with Gasteiger partial charge in [0, 0.05) is 4.88 Å². The molecule has 0 unspecified atom stereocenters. The second-order valence-electron chi connectivity index (χ2n) is 6.38. The van der Waals surface area contributed by atoms with Crippen molar-refractivity contribution in [1.29, 1.82) is 0 Å². The summed E-state index contributed by atoms with van der Waals surface area (Å²) in [7, 11) is 0. The third kappa shape index (κ3) is 5.00. The molecule has 2 aromatic rings. The first-order valence-corrected chi connectivity index (χ1v) is 10.1. The molecule has 0 bridgehead atoms. The van der Waals surface area contributed by atoms with Crippen LogP contribution in [0.3, 0.4) is 0 Å². The van der Waals surface area contributed by atoms with Gasteiger partial charge in [-0.1, -0.05) is 0 Å². The number of hydrogen-bond donors (Lipinski definition) is 3. The topological polar surface area (TPSA) is 117 Å². The Morgan fingerprint density at radius 2 is 1.90 bits per heavy atom. The van der Waals surface area contributed by atoms with E-state index in [2.05, 4.69) is 15.8 Å². The van der Waals surface area contributed by atoms with Crippen LogP contribution in [0.25, 0.3) is 0 Å². The number of esters is 1. The summed E-state index contributed by atoms with van der Waals surface area (Å²) in [5.74, 6) is -2.26. The number of nitrogens with one attached hydrogen (secondary N) is 2. The zero-order valence-corrected chi connectivity index (χ0v) is 16.7. The molecule has 1 aliphatic rings. The summed E-state index contributed by atoms with van der Waals surface area (Å²) in [6, 6.07) is 6.16. The lowest BCUT2D eigenvalue weighted by Crippen LogP contribution is -2.32. The minimum Gasteiger partial charge on any atom is -0.508 e. The molecule has 8 nitrogen and oxygen atoms in total. The van der Waals surface area contributed by atoms with Crippen LogP contribution in [0.4, 0.5) is 5.00 Å². The van der Waals surface area contributed by atoms with Crippen LogP contribution in [0.15, 0.2) is 29.4 Å². The number of phenols is 1. The van der Waals surface area contributed by atoms with Crippen molar-refractivity contribution in [1.82, 2.24) is 5.43 Å². The number of aromatic hydroxyl groups is 1. The summed E-state index contributed by atoms with van der Waals surface area (Å²) < 4.78 is 5.13. The highest BCUT2D eigenvalue weighted by atomic mass is 32.1. The number of nitrogens with zero attached hydrogens (tertiary/aromatic N) is 1. The van der Waals surface area contributed by atoms with E-state index in [-0.39, 0.29) is 12.4 Å². The number of carbonyl (C=O) groups excluding carboxylic acids is 3. The zero-order chi connectivity index (χ0) is 20.8. The number of anilines is 1. The van der Waals surface area contributed by atoms with E-state index in [1.54, 1.807) is 19.1 Å². The zero-order valence-electron chi connectivity index (χ0n) is 15.9. The predicted molar refractivity (Wildman–Crippen MR) is 109 cm³/mol. The van der Waals surface area contributed by atoms with E-state index in [9.17, 15) is 19.5 Å². The fourth-order valence-electron chi connectivity index (χ4n) is 3.01. The van der Waals surface area contributed by atoms with Crippen LogP contribution in [0.1, 0.15) is 46.1 Å². The highest BCUT2D eigenvalue weighted by Gasteiger charge is 2.28. The van der Waals surface area contributed by atoms with Crippen LogP contribution in [-0.4, -0.2) is 35.7 Å². The Balaban J connectivity index is 1.69. The van der Waals surface area contributed by atoms with Gasteiger partial charge in [-0.15, -0.1) is 11.3 Å². The van der Waals surface area contributed by atoms with Crippen LogP contribution in [0.5, 0.6) is 5.75 Å². The van der Waals surface area contributed by atoms with Crippen LogP contribution < -0.4 is 10.7 Å². The van der Waals surface area contributed by atoms with Crippen LogP contribution in [0, 0.1) is 0 Å². The highest BCUT2D eigenvalue weighted by molar-refractivity contribution is 7.17. The van der Waals surface area contributed by atoms with Crippen molar-refractivity contribution in [2.75, 3.05) is 11.9 Å². The number of thiophene rings is 1. The maximum Gasteiger partial charge on any atom is 0.341 e. The molecule has 0 fully saturated rings. The number of hydrogen-bond acceptors (Lipinski definition) is 7. The maximum atomic E-state index is 12.4. The molecule has 0 saturated carbocycles. The van der Waals surface area contributed by atoms with Gasteiger partial charge in [-0.2, -0.15) is 5.10 Å². The number of ether oxygens (including phenoxy) is 1. The molecule has 3 N–H and O–H groups in total. The summed E-state index contributed by atoms with van der Waals surface area (Å²) in [5, 5.41) is 15.8. The van der Waals surface area contributed by atoms with Crippen molar-refractivity contribution in [3.05, 3.63) is 45.8 Å². The molecule has 29 heavy (non-hydrogen) atoms. The Morgan fingerprint density at radius 3 is 2.62 bits per heavy atom. The lowest BCUT2D eigenvalue weighted by Gasteiger charge is -2.12. The second-order valence-corrected chi connectivity index (χ2v) is 7.49. The molecule has 3 rings (SSSR count). The van der Waals surface area contributed by atoms with Gasteiger partial charge in [0.05, 0.1) is 18.4 Å². The van der Waals surface area contributed by atoms with Crippen molar-refractivity contribution < 1.29 is 24.2 Å². The van der Waals surface area contributed by atoms with Gasteiger partial charge in [0.1, 0.15) is 10.8 Å². The number of aryl methyl sites for hydroxylation is 1. The molecule has 1 aliphatic carbocycles. The predicted octanol–water partition coefficient (Wildman–Crippen LogP) is 2.60. The summed E-state index contributed by atoms with van der Waals surface area (Å²) in [4.78, 5) is 37.8. The standard InChI is InChI=1S/C20H21N3O5S/c1-2-28-20(27)16-14-5-3-4-6-15(14)29-19(16)22-17(25)18(26)23-21-11-12-7-9-13(24)10-8-12/h7-11,24H,2-6H2,1H3,(H,22,25)(H,23,26)/b21-11-. The molecule has 0 spiro atoms. The summed E-state index contributed by atoms with van der Waals surface area (Å²) in [5.41, 5.74) is 4.03. The van der Waals surface area contributed by atoms with Gasteiger partial charge in [-0.3, -0.25) is 9.59 Å². The van der Waals surface area contributed by atoms with Gasteiger partial charge >= 0.3 is 17.8 Å². The molecule has 1 aromatic carbocycles. The third-order valence-electron chi connectivity index (χ3n) is 4.36. The van der Waals surface area contributed by atoms with E-state index in [4.69, 9.17) is 4.74 Å². The number of amides is 2. The Labute approximate surface area is 171 Å². The van der Waals surface area contributed by atoms with Crippen molar-refractivity contribution in [3.8, 4) is 5.75 Å². The molecule has 0 atom stereocenters. The fraction of sp³-hybridized carbons (Fsp3) is 0.300. The van der Waals surface area contributed by atoms with E-state index in [0.717, 1.165) is 36.1 Å². The third-order valence-corrected chi connectivity index (χ3v) is 5.56. The van der Waals surface area contributed by atoms with Crippen molar-refractivity contribution >= 4 is 40.3 Å².